The van der Waals surface area contributed by atoms with Crippen molar-refractivity contribution in [1.82, 2.24) is 19.6 Å². The summed E-state index contributed by atoms with van der Waals surface area (Å²) in [6.07, 6.45) is 1.98. The van der Waals surface area contributed by atoms with E-state index in [1.165, 1.54) is 17.8 Å². The standard InChI is InChI=1S/C17H18FN5OS/c1-9-5-6-14(13(18)7-9)20-15(24)8-12-10(2)19-16-21-17(25-4)22-23(16)11(12)3/h5-7H,8H2,1-4H3,(H,20,24). The average Bonchev–Trinajstić information content (AvgIpc) is 2.97. The number of nitrogens with one attached hydrogen (secondary N) is 1. The van der Waals surface area contributed by atoms with Gasteiger partial charge in [-0.15, -0.1) is 5.10 Å². The summed E-state index contributed by atoms with van der Waals surface area (Å²) >= 11 is 1.43. The normalized spacial score (nSPS) is 11.1. The number of aryl methyl sites for hydroxylation is 3. The molecule has 0 aliphatic heterocycles. The predicted molar refractivity (Wildman–Crippen MR) is 95.5 cm³/mol. The number of rotatable bonds is 4. The molecule has 0 atom stereocenters. The van der Waals surface area contributed by atoms with Crippen LogP contribution in [0.2, 0.25) is 0 Å². The number of nitrogens with zero attached hydrogens (tertiary/aromatic N) is 4. The fourth-order valence-corrected chi connectivity index (χ4v) is 2.95. The molecule has 0 aliphatic carbocycles. The molecule has 3 rings (SSSR count). The molecule has 0 saturated carbocycles. The van der Waals surface area contributed by atoms with Gasteiger partial charge in [0.05, 0.1) is 12.1 Å². The van der Waals surface area contributed by atoms with Gasteiger partial charge in [-0.2, -0.15) is 4.98 Å². The van der Waals surface area contributed by atoms with E-state index >= 15 is 0 Å². The summed E-state index contributed by atoms with van der Waals surface area (Å²) in [6.45, 7) is 5.49. The Bertz CT molecular complexity index is 969. The van der Waals surface area contributed by atoms with E-state index in [9.17, 15) is 9.18 Å². The van der Waals surface area contributed by atoms with Gasteiger partial charge in [0, 0.05) is 17.0 Å². The Morgan fingerprint density at radius 2 is 2.04 bits per heavy atom. The molecule has 0 spiro atoms. The fourth-order valence-electron chi connectivity index (χ4n) is 2.61. The number of fused-ring (bicyclic) bond motifs is 1. The van der Waals surface area contributed by atoms with Crippen LogP contribution in [0, 0.1) is 26.6 Å². The van der Waals surface area contributed by atoms with Crippen molar-refractivity contribution < 1.29 is 9.18 Å². The molecule has 1 N–H and O–H groups in total. The predicted octanol–water partition coefficient (Wildman–Crippen LogP) is 3.09. The van der Waals surface area contributed by atoms with Crippen molar-refractivity contribution in [3.05, 3.63) is 46.5 Å². The van der Waals surface area contributed by atoms with Gasteiger partial charge in [-0.3, -0.25) is 4.79 Å². The highest BCUT2D eigenvalue weighted by Crippen LogP contribution is 2.19. The molecule has 6 nitrogen and oxygen atoms in total. The second-order valence-electron chi connectivity index (χ2n) is 5.78. The van der Waals surface area contributed by atoms with Gasteiger partial charge in [-0.1, -0.05) is 17.8 Å². The van der Waals surface area contributed by atoms with Crippen molar-refractivity contribution in [2.75, 3.05) is 11.6 Å². The number of aromatic nitrogens is 4. The lowest BCUT2D eigenvalue weighted by Gasteiger charge is -2.11. The number of carbonyl (C=O) groups is 1. The summed E-state index contributed by atoms with van der Waals surface area (Å²) in [5.41, 5.74) is 3.24. The first-order chi connectivity index (χ1) is 11.9. The molecule has 1 amide bonds. The van der Waals surface area contributed by atoms with E-state index in [0.717, 1.165) is 16.8 Å². The van der Waals surface area contributed by atoms with Gasteiger partial charge in [-0.25, -0.2) is 13.9 Å². The first-order valence-electron chi connectivity index (χ1n) is 7.72. The lowest BCUT2D eigenvalue weighted by Crippen LogP contribution is -2.18. The van der Waals surface area contributed by atoms with Crippen LogP contribution in [-0.2, 0) is 11.2 Å². The Labute approximate surface area is 148 Å². The monoisotopic (exact) mass is 359 g/mol. The second-order valence-corrected chi connectivity index (χ2v) is 6.55. The fraction of sp³-hybridized carbons (Fsp3) is 0.294. The number of anilines is 1. The van der Waals surface area contributed by atoms with E-state index in [4.69, 9.17) is 0 Å². The smallest absolute Gasteiger partial charge is 0.253 e. The zero-order chi connectivity index (χ0) is 18.1. The van der Waals surface area contributed by atoms with Crippen molar-refractivity contribution in [3.63, 3.8) is 0 Å². The molecule has 0 fully saturated rings. The minimum absolute atomic E-state index is 0.0857. The van der Waals surface area contributed by atoms with Crippen molar-refractivity contribution in [2.45, 2.75) is 32.3 Å². The number of benzene rings is 1. The Kier molecular flexibility index (Phi) is 4.71. The van der Waals surface area contributed by atoms with Gasteiger partial charge >= 0.3 is 0 Å². The quantitative estimate of drug-likeness (QED) is 0.725. The Morgan fingerprint density at radius 3 is 2.72 bits per heavy atom. The largest absolute Gasteiger partial charge is 0.323 e. The van der Waals surface area contributed by atoms with Gasteiger partial charge in [-0.05, 0) is 44.7 Å². The highest BCUT2D eigenvalue weighted by Gasteiger charge is 2.16. The third kappa shape index (κ3) is 3.48. The summed E-state index contributed by atoms with van der Waals surface area (Å²) in [7, 11) is 0. The lowest BCUT2D eigenvalue weighted by atomic mass is 10.1. The van der Waals surface area contributed by atoms with Crippen molar-refractivity contribution >= 4 is 29.1 Å². The number of amides is 1. The molecule has 130 valence electrons. The van der Waals surface area contributed by atoms with E-state index in [1.807, 2.05) is 20.1 Å². The molecule has 0 bridgehead atoms. The number of hydrogen-bond acceptors (Lipinski definition) is 5. The zero-order valence-electron chi connectivity index (χ0n) is 14.4. The highest BCUT2D eigenvalue weighted by atomic mass is 32.2. The number of halogens is 1. The van der Waals surface area contributed by atoms with E-state index in [-0.39, 0.29) is 18.0 Å². The van der Waals surface area contributed by atoms with Crippen LogP contribution in [-0.4, -0.2) is 31.7 Å². The number of carbonyl (C=O) groups excluding carboxylic acids is 1. The SMILES string of the molecule is CSc1nc2nc(C)c(CC(=O)Nc3ccc(C)cc3F)c(C)n2n1. The zero-order valence-corrected chi connectivity index (χ0v) is 15.2. The van der Waals surface area contributed by atoms with Crippen LogP contribution in [0.25, 0.3) is 5.78 Å². The second kappa shape index (κ2) is 6.79. The van der Waals surface area contributed by atoms with Crippen molar-refractivity contribution in [1.29, 1.82) is 0 Å². The first-order valence-corrected chi connectivity index (χ1v) is 8.94. The van der Waals surface area contributed by atoms with Gasteiger partial charge in [0.15, 0.2) is 0 Å². The van der Waals surface area contributed by atoms with Crippen LogP contribution in [0.5, 0.6) is 0 Å². The van der Waals surface area contributed by atoms with E-state index in [2.05, 4.69) is 20.4 Å². The molecule has 25 heavy (non-hydrogen) atoms. The molecule has 3 aromatic rings. The summed E-state index contributed by atoms with van der Waals surface area (Å²) in [5, 5.41) is 7.60. The maximum absolute atomic E-state index is 13.9. The summed E-state index contributed by atoms with van der Waals surface area (Å²) in [5.74, 6) is -0.246. The van der Waals surface area contributed by atoms with Gasteiger partial charge in [0.25, 0.3) is 5.78 Å². The summed E-state index contributed by atoms with van der Waals surface area (Å²) < 4.78 is 15.5. The van der Waals surface area contributed by atoms with Crippen LogP contribution >= 0.6 is 11.8 Å². The van der Waals surface area contributed by atoms with Crippen LogP contribution < -0.4 is 5.32 Å². The lowest BCUT2D eigenvalue weighted by molar-refractivity contribution is -0.115. The molecular weight excluding hydrogens is 341 g/mol. The third-order valence-electron chi connectivity index (χ3n) is 3.95. The van der Waals surface area contributed by atoms with E-state index < -0.39 is 5.82 Å². The average molecular weight is 359 g/mol. The molecule has 0 radical (unpaired) electrons. The molecule has 2 aromatic heterocycles. The molecule has 0 saturated heterocycles. The molecular formula is C17H18FN5OS. The summed E-state index contributed by atoms with van der Waals surface area (Å²) in [4.78, 5) is 21.1. The van der Waals surface area contributed by atoms with Crippen molar-refractivity contribution in [3.8, 4) is 0 Å². The van der Waals surface area contributed by atoms with Crippen molar-refractivity contribution in [2.24, 2.45) is 0 Å². The third-order valence-corrected chi connectivity index (χ3v) is 4.49. The van der Waals surface area contributed by atoms with Crippen LogP contribution in [0.1, 0.15) is 22.5 Å². The minimum Gasteiger partial charge on any atom is -0.323 e. The van der Waals surface area contributed by atoms with Gasteiger partial charge in [0.2, 0.25) is 11.1 Å². The number of thioether (sulfide) groups is 1. The minimum atomic E-state index is -0.448. The Balaban J connectivity index is 1.87. The topological polar surface area (TPSA) is 72.2 Å². The molecule has 0 unspecified atom stereocenters. The first kappa shape index (κ1) is 17.3. The molecule has 1 aromatic carbocycles. The highest BCUT2D eigenvalue weighted by molar-refractivity contribution is 7.98. The molecule has 0 aliphatic rings. The van der Waals surface area contributed by atoms with Crippen LogP contribution in [0.3, 0.4) is 0 Å². The Hall–Kier alpha value is -2.48. The van der Waals surface area contributed by atoms with Gasteiger partial charge in [0.1, 0.15) is 5.82 Å². The van der Waals surface area contributed by atoms with Crippen LogP contribution in [0.15, 0.2) is 23.4 Å². The maximum atomic E-state index is 13.9. The van der Waals surface area contributed by atoms with Gasteiger partial charge < -0.3 is 5.32 Å². The van der Waals surface area contributed by atoms with E-state index in [0.29, 0.717) is 16.6 Å². The Morgan fingerprint density at radius 1 is 1.28 bits per heavy atom. The number of hydrogen-bond donors (Lipinski definition) is 1. The van der Waals surface area contributed by atoms with E-state index in [1.54, 1.807) is 23.6 Å². The molecule has 2 heterocycles. The van der Waals surface area contributed by atoms with Crippen LogP contribution in [0.4, 0.5) is 10.1 Å². The molecule has 8 heteroatoms. The summed E-state index contributed by atoms with van der Waals surface area (Å²) in [6, 6.07) is 4.70. The maximum Gasteiger partial charge on any atom is 0.253 e.